The average Bonchev–Trinajstić information content (AvgIpc) is 2.60. The van der Waals surface area contributed by atoms with Gasteiger partial charge in [0.1, 0.15) is 10.8 Å². The fourth-order valence-corrected chi connectivity index (χ4v) is 3.72. The zero-order chi connectivity index (χ0) is 13.6. The van der Waals surface area contributed by atoms with Crippen molar-refractivity contribution < 1.29 is 9.50 Å². The van der Waals surface area contributed by atoms with Crippen molar-refractivity contribution in [2.24, 2.45) is 5.73 Å². The van der Waals surface area contributed by atoms with E-state index < -0.39 is 0 Å². The fourth-order valence-electron chi connectivity index (χ4n) is 3.51. The molecule has 2 aliphatic rings. The average molecular weight is 280 g/mol. The molecule has 5 heteroatoms. The van der Waals surface area contributed by atoms with Crippen molar-refractivity contribution >= 4 is 22.9 Å². The number of nitrogens with two attached hydrogens (primary N) is 1. The number of thiocarbonyl (C=S) groups is 1. The summed E-state index contributed by atoms with van der Waals surface area (Å²) in [6.07, 6.45) is 3.31. The maximum absolute atomic E-state index is 14.0. The molecule has 0 spiro atoms. The van der Waals surface area contributed by atoms with Crippen LogP contribution in [0, 0.1) is 5.82 Å². The molecule has 2 bridgehead atoms. The van der Waals surface area contributed by atoms with Crippen LogP contribution >= 0.6 is 12.2 Å². The normalized spacial score (nSPS) is 29.6. The summed E-state index contributed by atoms with van der Waals surface area (Å²) in [6, 6.07) is 5.49. The van der Waals surface area contributed by atoms with Crippen molar-refractivity contribution in [3.8, 4) is 0 Å². The van der Waals surface area contributed by atoms with Crippen LogP contribution in [0.3, 0.4) is 0 Å². The lowest BCUT2D eigenvalue weighted by atomic mass is 9.97. The zero-order valence-electron chi connectivity index (χ0n) is 10.6. The number of nitrogens with zero attached hydrogens (tertiary/aromatic N) is 1. The molecule has 0 radical (unpaired) electrons. The molecule has 2 saturated heterocycles. The van der Waals surface area contributed by atoms with Crippen LogP contribution in [-0.4, -0.2) is 28.3 Å². The number of aliphatic hydroxyl groups excluding tert-OH is 1. The Morgan fingerprint density at radius 3 is 2.53 bits per heavy atom. The number of hydrogen-bond acceptors (Lipinski definition) is 3. The van der Waals surface area contributed by atoms with Gasteiger partial charge in [0.05, 0.1) is 17.4 Å². The van der Waals surface area contributed by atoms with Gasteiger partial charge in [-0.15, -0.1) is 0 Å². The smallest absolute Gasteiger partial charge is 0.135 e. The lowest BCUT2D eigenvalue weighted by Gasteiger charge is -2.40. The topological polar surface area (TPSA) is 49.5 Å². The summed E-state index contributed by atoms with van der Waals surface area (Å²) in [6.45, 7) is 0. The van der Waals surface area contributed by atoms with Crippen molar-refractivity contribution in [2.75, 3.05) is 4.90 Å². The van der Waals surface area contributed by atoms with Crippen LogP contribution in [0.4, 0.5) is 10.1 Å². The second-order valence-electron chi connectivity index (χ2n) is 5.42. The molecule has 0 saturated carbocycles. The number of anilines is 1. The van der Waals surface area contributed by atoms with Crippen LogP contribution in [0.15, 0.2) is 18.2 Å². The van der Waals surface area contributed by atoms with E-state index in [9.17, 15) is 9.50 Å². The molecule has 2 aliphatic heterocycles. The van der Waals surface area contributed by atoms with E-state index in [1.165, 1.54) is 6.07 Å². The third kappa shape index (κ3) is 2.11. The molecule has 3 nitrogen and oxygen atoms in total. The third-order valence-electron chi connectivity index (χ3n) is 4.22. The highest BCUT2D eigenvalue weighted by Gasteiger charge is 2.41. The van der Waals surface area contributed by atoms with Gasteiger partial charge in [0.2, 0.25) is 0 Å². The SMILES string of the molecule is NC(=S)c1c(F)cccc1N1C2CCC1CC(O)C2. The first-order valence-corrected chi connectivity index (χ1v) is 7.03. The van der Waals surface area contributed by atoms with Crippen molar-refractivity contribution in [1.29, 1.82) is 0 Å². The minimum atomic E-state index is -0.365. The van der Waals surface area contributed by atoms with Crippen LogP contribution in [0.2, 0.25) is 0 Å². The lowest BCUT2D eigenvalue weighted by molar-refractivity contribution is 0.126. The summed E-state index contributed by atoms with van der Waals surface area (Å²) in [5, 5.41) is 9.84. The summed E-state index contributed by atoms with van der Waals surface area (Å²) in [4.78, 5) is 2.31. The molecule has 2 fully saturated rings. The van der Waals surface area contributed by atoms with E-state index in [0.717, 1.165) is 31.4 Å². The minimum Gasteiger partial charge on any atom is -0.393 e. The Labute approximate surface area is 117 Å². The predicted molar refractivity (Wildman–Crippen MR) is 76.8 cm³/mol. The Morgan fingerprint density at radius 2 is 1.95 bits per heavy atom. The highest BCUT2D eigenvalue weighted by molar-refractivity contribution is 7.80. The molecule has 1 aromatic carbocycles. The van der Waals surface area contributed by atoms with Crippen molar-refractivity contribution in [3.05, 3.63) is 29.6 Å². The molecule has 19 heavy (non-hydrogen) atoms. The quantitative estimate of drug-likeness (QED) is 0.813. The van der Waals surface area contributed by atoms with E-state index in [2.05, 4.69) is 4.90 Å². The van der Waals surface area contributed by atoms with E-state index in [1.807, 2.05) is 6.07 Å². The number of rotatable bonds is 2. The molecule has 2 heterocycles. The summed E-state index contributed by atoms with van der Waals surface area (Å²) < 4.78 is 14.0. The van der Waals surface area contributed by atoms with Gasteiger partial charge in [0.15, 0.2) is 0 Å². The highest BCUT2D eigenvalue weighted by Crippen LogP contribution is 2.41. The number of benzene rings is 1. The minimum absolute atomic E-state index is 0.0959. The molecule has 0 amide bonds. The maximum atomic E-state index is 14.0. The van der Waals surface area contributed by atoms with E-state index >= 15 is 0 Å². The van der Waals surface area contributed by atoms with Crippen LogP contribution in [0.5, 0.6) is 0 Å². The molecular weight excluding hydrogens is 263 g/mol. The Kier molecular flexibility index (Phi) is 3.19. The standard InChI is InChI=1S/C14H17FN2OS/c15-11-2-1-3-12(13(11)14(16)19)17-8-4-5-9(17)7-10(18)6-8/h1-3,8-10,18H,4-7H2,(H2,16,19). The van der Waals surface area contributed by atoms with E-state index in [0.29, 0.717) is 5.56 Å². The number of piperidine rings is 1. The Bertz CT molecular complexity index is 508. The van der Waals surface area contributed by atoms with Crippen LogP contribution in [-0.2, 0) is 0 Å². The molecule has 2 unspecified atom stereocenters. The molecule has 0 aliphatic carbocycles. The first-order chi connectivity index (χ1) is 9.08. The fraction of sp³-hybridized carbons (Fsp3) is 0.500. The lowest BCUT2D eigenvalue weighted by Crippen LogP contribution is -2.45. The van der Waals surface area contributed by atoms with Gasteiger partial charge in [-0.1, -0.05) is 18.3 Å². The molecular formula is C14H17FN2OS. The zero-order valence-corrected chi connectivity index (χ0v) is 11.4. The van der Waals surface area contributed by atoms with Gasteiger partial charge < -0.3 is 15.7 Å². The third-order valence-corrected chi connectivity index (χ3v) is 4.43. The Hall–Kier alpha value is -1.20. The monoisotopic (exact) mass is 280 g/mol. The van der Waals surface area contributed by atoms with Gasteiger partial charge in [-0.2, -0.15) is 0 Å². The first-order valence-electron chi connectivity index (χ1n) is 6.62. The van der Waals surface area contributed by atoms with E-state index in [4.69, 9.17) is 18.0 Å². The van der Waals surface area contributed by atoms with Crippen molar-refractivity contribution in [3.63, 3.8) is 0 Å². The number of aliphatic hydroxyl groups is 1. The van der Waals surface area contributed by atoms with Crippen LogP contribution in [0.25, 0.3) is 0 Å². The van der Waals surface area contributed by atoms with Gasteiger partial charge in [0.25, 0.3) is 0 Å². The highest BCUT2D eigenvalue weighted by atomic mass is 32.1. The molecule has 3 N–H and O–H groups in total. The van der Waals surface area contributed by atoms with E-state index in [-0.39, 0.29) is 29.0 Å². The number of hydrogen-bond donors (Lipinski definition) is 2. The summed E-state index contributed by atoms with van der Waals surface area (Å²) in [7, 11) is 0. The maximum Gasteiger partial charge on any atom is 0.135 e. The van der Waals surface area contributed by atoms with Gasteiger partial charge >= 0.3 is 0 Å². The molecule has 102 valence electrons. The summed E-state index contributed by atoms with van der Waals surface area (Å²) in [5.74, 6) is -0.365. The van der Waals surface area contributed by atoms with Gasteiger partial charge in [-0.05, 0) is 37.8 Å². The van der Waals surface area contributed by atoms with Crippen molar-refractivity contribution in [2.45, 2.75) is 43.9 Å². The summed E-state index contributed by atoms with van der Waals surface area (Å²) >= 11 is 4.99. The van der Waals surface area contributed by atoms with E-state index in [1.54, 1.807) is 6.07 Å². The number of fused-ring (bicyclic) bond motifs is 2. The Balaban J connectivity index is 2.04. The second-order valence-corrected chi connectivity index (χ2v) is 5.86. The van der Waals surface area contributed by atoms with Crippen LogP contribution in [0.1, 0.15) is 31.2 Å². The van der Waals surface area contributed by atoms with Gasteiger partial charge in [-0.25, -0.2) is 4.39 Å². The van der Waals surface area contributed by atoms with Gasteiger partial charge in [0, 0.05) is 12.1 Å². The summed E-state index contributed by atoms with van der Waals surface area (Å²) in [5.41, 5.74) is 6.80. The Morgan fingerprint density at radius 1 is 1.32 bits per heavy atom. The van der Waals surface area contributed by atoms with Crippen LogP contribution < -0.4 is 10.6 Å². The predicted octanol–water partition coefficient (Wildman–Crippen LogP) is 1.95. The first kappa shape index (κ1) is 12.8. The molecule has 2 atom stereocenters. The largest absolute Gasteiger partial charge is 0.393 e. The molecule has 0 aromatic heterocycles. The van der Waals surface area contributed by atoms with Crippen molar-refractivity contribution in [1.82, 2.24) is 0 Å². The number of halogens is 1. The second kappa shape index (κ2) is 4.72. The molecule has 3 rings (SSSR count). The van der Waals surface area contributed by atoms with Gasteiger partial charge in [-0.3, -0.25) is 0 Å². The molecule has 1 aromatic rings.